The van der Waals surface area contributed by atoms with Gasteiger partial charge in [0.2, 0.25) is 0 Å². The van der Waals surface area contributed by atoms with Crippen LogP contribution in [0.4, 0.5) is 0 Å². The number of hydrazine groups is 1. The Morgan fingerprint density at radius 2 is 2.00 bits per heavy atom. The number of rotatable bonds is 4. The summed E-state index contributed by atoms with van der Waals surface area (Å²) in [6.45, 7) is 4.49. The van der Waals surface area contributed by atoms with Crippen LogP contribution in [0.5, 0.6) is 0 Å². The molecule has 1 amide bonds. The fraction of sp³-hybridized carbons (Fsp3) is 0.556. The maximum absolute atomic E-state index is 11.3. The summed E-state index contributed by atoms with van der Waals surface area (Å²) in [5.41, 5.74) is 5.11. The molecule has 15 heavy (non-hydrogen) atoms. The van der Waals surface area contributed by atoms with Gasteiger partial charge in [-0.1, -0.05) is 6.08 Å². The molecular formula is C9H19N4OS+. The van der Waals surface area contributed by atoms with Crippen molar-refractivity contribution in [2.75, 3.05) is 34.2 Å². The highest BCUT2D eigenvalue weighted by molar-refractivity contribution is 7.80. The zero-order valence-electron chi connectivity index (χ0n) is 9.46. The molecule has 0 aromatic heterocycles. The minimum Gasteiger partial charge on any atom is -0.358 e. The van der Waals surface area contributed by atoms with Crippen LogP contribution in [0.3, 0.4) is 0 Å². The fourth-order valence-electron chi connectivity index (χ4n) is 0.806. The van der Waals surface area contributed by atoms with Crippen LogP contribution in [0.25, 0.3) is 0 Å². The number of carbonyl (C=O) groups excluding carboxylic acids is 1. The molecular weight excluding hydrogens is 212 g/mol. The first-order valence-corrected chi connectivity index (χ1v) is 5.00. The average Bonchev–Trinajstić information content (AvgIpc) is 2.08. The van der Waals surface area contributed by atoms with Gasteiger partial charge >= 0.3 is 0 Å². The van der Waals surface area contributed by atoms with Crippen molar-refractivity contribution in [3.05, 3.63) is 12.7 Å². The second-order valence-electron chi connectivity index (χ2n) is 4.12. The van der Waals surface area contributed by atoms with E-state index in [0.29, 0.717) is 22.7 Å². The third-order valence-corrected chi connectivity index (χ3v) is 1.59. The number of quaternary nitrogens is 1. The van der Waals surface area contributed by atoms with E-state index in [1.54, 1.807) is 6.08 Å². The van der Waals surface area contributed by atoms with Crippen LogP contribution in [0.1, 0.15) is 0 Å². The van der Waals surface area contributed by atoms with Crippen molar-refractivity contribution in [2.24, 2.45) is 0 Å². The van der Waals surface area contributed by atoms with Gasteiger partial charge in [-0.2, -0.15) is 0 Å². The molecule has 0 aliphatic carbocycles. The molecule has 0 aromatic rings. The lowest BCUT2D eigenvalue weighted by Gasteiger charge is -2.23. The van der Waals surface area contributed by atoms with Crippen LogP contribution in [0.15, 0.2) is 12.7 Å². The van der Waals surface area contributed by atoms with E-state index >= 15 is 0 Å². The number of carbonyl (C=O) groups is 1. The quantitative estimate of drug-likeness (QED) is 0.261. The Balaban J connectivity index is 3.71. The lowest BCUT2D eigenvalue weighted by molar-refractivity contribution is -0.862. The molecule has 0 radical (unpaired) electrons. The van der Waals surface area contributed by atoms with Gasteiger partial charge in [0.05, 0.1) is 21.1 Å². The molecule has 0 saturated heterocycles. The molecule has 0 aliphatic rings. The second-order valence-corrected chi connectivity index (χ2v) is 4.53. The molecule has 5 nitrogen and oxygen atoms in total. The predicted molar refractivity (Wildman–Crippen MR) is 65.0 cm³/mol. The first-order valence-electron chi connectivity index (χ1n) is 4.59. The van der Waals surface area contributed by atoms with E-state index in [9.17, 15) is 4.79 Å². The summed E-state index contributed by atoms with van der Waals surface area (Å²) in [6, 6.07) is 0. The third kappa shape index (κ3) is 9.17. The Morgan fingerprint density at radius 3 is 2.47 bits per heavy atom. The van der Waals surface area contributed by atoms with Crippen LogP contribution in [-0.2, 0) is 4.79 Å². The average molecular weight is 231 g/mol. The smallest absolute Gasteiger partial charge is 0.293 e. The van der Waals surface area contributed by atoms with Crippen molar-refractivity contribution in [1.29, 1.82) is 0 Å². The molecule has 0 heterocycles. The number of hydrogen-bond donors (Lipinski definition) is 3. The van der Waals surface area contributed by atoms with E-state index in [4.69, 9.17) is 12.2 Å². The Hall–Kier alpha value is -1.14. The molecule has 6 heteroatoms. The van der Waals surface area contributed by atoms with Gasteiger partial charge in [0, 0.05) is 6.54 Å². The van der Waals surface area contributed by atoms with Crippen LogP contribution in [0.2, 0.25) is 0 Å². The highest BCUT2D eigenvalue weighted by Crippen LogP contribution is 1.86. The molecule has 0 fully saturated rings. The molecule has 86 valence electrons. The van der Waals surface area contributed by atoms with Gasteiger partial charge in [0.25, 0.3) is 5.91 Å². The summed E-state index contributed by atoms with van der Waals surface area (Å²) < 4.78 is 0.570. The lowest BCUT2D eigenvalue weighted by atomic mass is 10.5. The highest BCUT2D eigenvalue weighted by Gasteiger charge is 2.13. The van der Waals surface area contributed by atoms with Gasteiger partial charge in [-0.25, -0.2) is 0 Å². The molecule has 0 aromatic carbocycles. The summed E-state index contributed by atoms with van der Waals surface area (Å²) in [4.78, 5) is 11.3. The Morgan fingerprint density at radius 1 is 1.40 bits per heavy atom. The van der Waals surface area contributed by atoms with Crippen molar-refractivity contribution < 1.29 is 9.28 Å². The fourth-order valence-corrected chi connectivity index (χ4v) is 0.940. The van der Waals surface area contributed by atoms with Crippen molar-refractivity contribution in [1.82, 2.24) is 16.2 Å². The largest absolute Gasteiger partial charge is 0.358 e. The second kappa shape index (κ2) is 6.36. The highest BCUT2D eigenvalue weighted by atomic mass is 32.1. The Kier molecular flexibility index (Phi) is 5.88. The molecule has 3 N–H and O–H groups in total. The van der Waals surface area contributed by atoms with E-state index in [1.807, 2.05) is 21.1 Å². The van der Waals surface area contributed by atoms with Crippen LogP contribution in [-0.4, -0.2) is 49.7 Å². The number of thiocarbonyl (C=S) groups is 1. The van der Waals surface area contributed by atoms with E-state index in [1.165, 1.54) is 0 Å². The number of nitrogens with zero attached hydrogens (tertiary/aromatic N) is 1. The first-order chi connectivity index (χ1) is 6.85. The molecule has 0 bridgehead atoms. The molecule has 0 unspecified atom stereocenters. The third-order valence-electron chi connectivity index (χ3n) is 1.34. The van der Waals surface area contributed by atoms with Gasteiger partial charge < -0.3 is 9.80 Å². The summed E-state index contributed by atoms with van der Waals surface area (Å²) in [6.07, 6.45) is 1.68. The monoisotopic (exact) mass is 231 g/mol. The van der Waals surface area contributed by atoms with Crippen LogP contribution >= 0.6 is 12.2 Å². The van der Waals surface area contributed by atoms with Crippen molar-refractivity contribution in [3.8, 4) is 0 Å². The molecule has 0 spiro atoms. The van der Waals surface area contributed by atoms with E-state index in [0.717, 1.165) is 0 Å². The maximum atomic E-state index is 11.3. The van der Waals surface area contributed by atoms with Crippen molar-refractivity contribution in [2.45, 2.75) is 0 Å². The molecule has 0 atom stereocenters. The number of likely N-dealkylation sites (N-methyl/N-ethyl adjacent to an activating group) is 1. The normalized spacial score (nSPS) is 10.3. The molecule has 0 saturated carbocycles. The van der Waals surface area contributed by atoms with Crippen LogP contribution in [0, 0.1) is 0 Å². The lowest BCUT2D eigenvalue weighted by Crippen LogP contribution is -2.52. The number of hydrogen-bond acceptors (Lipinski definition) is 2. The Bertz CT molecular complexity index is 247. The van der Waals surface area contributed by atoms with Gasteiger partial charge in [0.15, 0.2) is 11.7 Å². The standard InChI is InChI=1S/C9H18N4OS/c1-5-6-10-9(15)12-11-8(14)7-13(2,3)4/h5H,1,6-7H2,2-4H3,(H2-,10,11,12,14,15)/p+1. The van der Waals surface area contributed by atoms with Crippen molar-refractivity contribution in [3.63, 3.8) is 0 Å². The van der Waals surface area contributed by atoms with E-state index in [-0.39, 0.29) is 5.91 Å². The summed E-state index contributed by atoms with van der Waals surface area (Å²) in [5.74, 6) is -0.106. The number of nitrogens with one attached hydrogen (secondary N) is 3. The molecule has 0 rings (SSSR count). The zero-order valence-corrected chi connectivity index (χ0v) is 10.3. The first kappa shape index (κ1) is 13.9. The van der Waals surface area contributed by atoms with E-state index in [2.05, 4.69) is 22.7 Å². The number of amides is 1. The van der Waals surface area contributed by atoms with E-state index < -0.39 is 0 Å². The summed E-state index contributed by atoms with van der Waals surface area (Å²) in [7, 11) is 5.82. The summed E-state index contributed by atoms with van der Waals surface area (Å²) >= 11 is 4.89. The molecule has 0 aliphatic heterocycles. The topological polar surface area (TPSA) is 53.2 Å². The predicted octanol–water partition coefficient (Wildman–Crippen LogP) is -0.626. The SMILES string of the molecule is C=CCNC(=S)NNC(=O)C[N+](C)(C)C. The Labute approximate surface area is 96.1 Å². The minimum atomic E-state index is -0.106. The van der Waals surface area contributed by atoms with Gasteiger partial charge in [-0.3, -0.25) is 15.6 Å². The summed E-state index contributed by atoms with van der Waals surface area (Å²) in [5, 5.41) is 3.21. The maximum Gasteiger partial charge on any atom is 0.293 e. The minimum absolute atomic E-state index is 0.106. The van der Waals surface area contributed by atoms with Gasteiger partial charge in [-0.15, -0.1) is 6.58 Å². The zero-order chi connectivity index (χ0) is 11.9. The van der Waals surface area contributed by atoms with Gasteiger partial charge in [-0.05, 0) is 12.2 Å². The van der Waals surface area contributed by atoms with Crippen LogP contribution < -0.4 is 16.2 Å². The van der Waals surface area contributed by atoms with Crippen molar-refractivity contribution >= 4 is 23.2 Å². The van der Waals surface area contributed by atoms with Gasteiger partial charge in [0.1, 0.15) is 0 Å².